The van der Waals surface area contributed by atoms with Crippen molar-refractivity contribution in [2.75, 3.05) is 14.2 Å². The SMILES string of the molecule is COc1cccc2c1C(=O)c1c(O)c3c(c(O)c1C2=O)CC(O)(C(C)=O)CC3OC1CC(O)C(O)C(C)O1.COc1cccc2c1C(=O)c1c(O)c3c(c(O)c1C2=O)CC(O)(C(C)=O)CC3OC1CC(O)C(O)C(C)O1. The number of hydrogen-bond acceptors (Lipinski definition) is 22. The second-order valence-corrected chi connectivity index (χ2v) is 20.1. The number of phenols is 4. The molecule has 0 spiro atoms. The predicted octanol–water partition coefficient (Wildman–Crippen LogP) is 2.12. The highest BCUT2D eigenvalue weighted by molar-refractivity contribution is 6.32. The molecule has 22 heteroatoms. The summed E-state index contributed by atoms with van der Waals surface area (Å²) in [6.07, 6.45) is -13.1. The van der Waals surface area contributed by atoms with Crippen molar-refractivity contribution >= 4 is 34.7 Å². The van der Waals surface area contributed by atoms with Crippen LogP contribution in [0.4, 0.5) is 0 Å². The van der Waals surface area contributed by atoms with Crippen molar-refractivity contribution in [2.45, 2.75) is 139 Å². The minimum Gasteiger partial charge on any atom is -0.507 e. The fraction of sp³-hybridized carbons (Fsp3) is 0.444. The molecular weight excluding hydrogens is 1000 g/mol. The van der Waals surface area contributed by atoms with Gasteiger partial charge in [-0.3, -0.25) is 28.8 Å². The van der Waals surface area contributed by atoms with Crippen molar-refractivity contribution in [3.05, 3.63) is 103 Å². The first-order valence-electron chi connectivity index (χ1n) is 24.3. The fourth-order valence-electron chi connectivity index (χ4n) is 11.2. The largest absolute Gasteiger partial charge is 0.507 e. The molecular formula is C54H56O22. The van der Waals surface area contributed by atoms with Gasteiger partial charge in [-0.05, 0) is 39.8 Å². The Morgan fingerprint density at radius 2 is 0.882 bits per heavy atom. The molecule has 2 heterocycles. The maximum absolute atomic E-state index is 13.6. The standard InChI is InChI=1S/2C27H28O11/c2*1-10-22(30)14(29)7-17(37-10)38-16-9-27(35,11(2)28)8-13-19(16)26(34)21-20(24(13)32)23(31)12-5-4-6-15(36-3)18(12)25(21)33/h2*4-6,10,14,16-17,22,29-30,32,34-35H,7-9H2,1-3H3. The number of aromatic hydroxyl groups is 4. The minimum atomic E-state index is -2.03. The Balaban J connectivity index is 0.000000186. The van der Waals surface area contributed by atoms with Crippen molar-refractivity contribution < 1.29 is 108 Å². The van der Waals surface area contributed by atoms with Crippen LogP contribution in [-0.2, 0) is 41.4 Å². The van der Waals surface area contributed by atoms with Gasteiger partial charge < -0.3 is 79.5 Å². The predicted molar refractivity (Wildman–Crippen MR) is 257 cm³/mol. The summed E-state index contributed by atoms with van der Waals surface area (Å²) < 4.78 is 33.8. The van der Waals surface area contributed by atoms with Crippen LogP contribution in [0.2, 0.25) is 0 Å². The third-order valence-electron chi connectivity index (χ3n) is 15.4. The number of carbonyl (C=O) groups excluding carboxylic acids is 6. The van der Waals surface area contributed by atoms with Gasteiger partial charge in [-0.1, -0.05) is 24.3 Å². The van der Waals surface area contributed by atoms with E-state index in [-0.39, 0.29) is 81.7 Å². The number of rotatable bonds is 8. The van der Waals surface area contributed by atoms with E-state index in [1.165, 1.54) is 64.5 Å². The third-order valence-corrected chi connectivity index (χ3v) is 15.4. The van der Waals surface area contributed by atoms with Crippen molar-refractivity contribution in [1.82, 2.24) is 0 Å². The number of fused-ring (bicyclic) bond motifs is 6. The van der Waals surface area contributed by atoms with Crippen LogP contribution in [0, 0.1) is 0 Å². The van der Waals surface area contributed by atoms with E-state index in [9.17, 15) is 79.8 Å². The van der Waals surface area contributed by atoms with E-state index in [0.717, 1.165) is 13.8 Å². The summed E-state index contributed by atoms with van der Waals surface area (Å²) in [6.45, 7) is 5.37. The van der Waals surface area contributed by atoms with Crippen LogP contribution in [0.3, 0.4) is 0 Å². The first-order valence-corrected chi connectivity index (χ1v) is 24.3. The Hall–Kier alpha value is -6.70. The molecule has 10 N–H and O–H groups in total. The second kappa shape index (κ2) is 19.7. The normalized spacial score (nSPS) is 30.3. The van der Waals surface area contributed by atoms with Gasteiger partial charge in [0.1, 0.15) is 57.9 Å². The molecule has 0 bridgehead atoms. The quantitative estimate of drug-likeness (QED) is 0.0976. The van der Waals surface area contributed by atoms with Gasteiger partial charge >= 0.3 is 0 Å². The molecule has 0 saturated carbocycles. The van der Waals surface area contributed by atoms with Crippen molar-refractivity contribution in [3.63, 3.8) is 0 Å². The van der Waals surface area contributed by atoms with Crippen molar-refractivity contribution in [3.8, 4) is 34.5 Å². The Labute approximate surface area is 432 Å². The smallest absolute Gasteiger partial charge is 0.202 e. The lowest BCUT2D eigenvalue weighted by Gasteiger charge is -2.41. The molecule has 0 amide bonds. The molecule has 10 rings (SSSR count). The summed E-state index contributed by atoms with van der Waals surface area (Å²) >= 11 is 0. The van der Waals surface area contributed by atoms with Crippen molar-refractivity contribution in [2.24, 2.45) is 0 Å². The molecule has 4 aromatic rings. The highest BCUT2D eigenvalue weighted by atomic mass is 16.7. The van der Waals surface area contributed by atoms with Crippen LogP contribution in [0.5, 0.6) is 34.5 Å². The van der Waals surface area contributed by atoms with Gasteiger partial charge in [0.2, 0.25) is 11.6 Å². The summed E-state index contributed by atoms with van der Waals surface area (Å²) in [4.78, 5) is 79.1. The summed E-state index contributed by atoms with van der Waals surface area (Å²) in [6, 6.07) is 8.80. The minimum absolute atomic E-state index is 0.0286. The van der Waals surface area contributed by atoms with Crippen LogP contribution in [0.1, 0.15) is 152 Å². The number of Topliss-reactive ketones (excluding diaryl/α,β-unsaturated/α-hetero) is 2. The van der Waals surface area contributed by atoms with Crippen molar-refractivity contribution in [1.29, 1.82) is 0 Å². The Morgan fingerprint density at radius 1 is 0.539 bits per heavy atom. The highest BCUT2D eigenvalue weighted by Gasteiger charge is 2.52. The van der Waals surface area contributed by atoms with Gasteiger partial charge in [-0.15, -0.1) is 0 Å². The molecule has 12 unspecified atom stereocenters. The number of ketones is 6. The molecule has 76 heavy (non-hydrogen) atoms. The number of benzene rings is 4. The molecule has 2 fully saturated rings. The summed E-state index contributed by atoms with van der Waals surface area (Å²) in [5.41, 5.74) is -6.44. The van der Waals surface area contributed by atoms with E-state index in [2.05, 4.69) is 0 Å². The average Bonchev–Trinajstić information content (AvgIpc) is 3.37. The van der Waals surface area contributed by atoms with Crippen LogP contribution < -0.4 is 9.47 Å². The van der Waals surface area contributed by atoms with Crippen LogP contribution >= 0.6 is 0 Å². The number of hydrogen-bond donors (Lipinski definition) is 10. The zero-order valence-corrected chi connectivity index (χ0v) is 41.9. The molecule has 4 aromatic carbocycles. The van der Waals surface area contributed by atoms with Crippen LogP contribution in [0.15, 0.2) is 36.4 Å². The number of ether oxygens (including phenoxy) is 6. The van der Waals surface area contributed by atoms with Gasteiger partial charge in [-0.2, -0.15) is 0 Å². The summed E-state index contributed by atoms with van der Waals surface area (Å²) in [5, 5.41) is 108. The molecule has 0 aromatic heterocycles. The number of aliphatic hydroxyl groups excluding tert-OH is 4. The highest BCUT2D eigenvalue weighted by Crippen LogP contribution is 2.55. The zero-order chi connectivity index (χ0) is 55.4. The molecule has 2 saturated heterocycles. The fourth-order valence-corrected chi connectivity index (χ4v) is 11.2. The monoisotopic (exact) mass is 1060 g/mol. The van der Waals surface area contributed by atoms with Gasteiger partial charge in [0.15, 0.2) is 35.7 Å². The lowest BCUT2D eigenvalue weighted by atomic mass is 9.72. The lowest BCUT2D eigenvalue weighted by Crippen LogP contribution is -2.49. The number of aliphatic hydroxyl groups is 6. The Kier molecular flexibility index (Phi) is 14.0. The first-order chi connectivity index (χ1) is 35.8. The van der Waals surface area contributed by atoms with Crippen LogP contribution in [-0.4, -0.2) is 160 Å². The van der Waals surface area contributed by atoms with E-state index in [4.69, 9.17) is 28.4 Å². The van der Waals surface area contributed by atoms with E-state index in [1.807, 2.05) is 0 Å². The summed E-state index contributed by atoms with van der Waals surface area (Å²) in [5.74, 6) is -6.62. The molecule has 22 nitrogen and oxygen atoms in total. The number of phenolic OH excluding ortho intramolecular Hbond substituents is 4. The topological polar surface area (TPSA) is 360 Å². The molecule has 2 aliphatic heterocycles. The van der Waals surface area contributed by atoms with E-state index < -0.39 is 165 Å². The van der Waals surface area contributed by atoms with Gasteiger partial charge in [0, 0.05) is 71.9 Å². The molecule has 12 atom stereocenters. The van der Waals surface area contributed by atoms with Crippen LogP contribution in [0.25, 0.3) is 0 Å². The third kappa shape index (κ3) is 8.62. The van der Waals surface area contributed by atoms with E-state index >= 15 is 0 Å². The van der Waals surface area contributed by atoms with Gasteiger partial charge in [0.05, 0.1) is 84.2 Å². The van der Waals surface area contributed by atoms with Gasteiger partial charge in [-0.25, -0.2) is 0 Å². The molecule has 6 aliphatic rings. The number of carbonyl (C=O) groups is 6. The Bertz CT molecular complexity index is 2910. The lowest BCUT2D eigenvalue weighted by molar-refractivity contribution is -0.266. The first kappa shape index (κ1) is 54.1. The zero-order valence-electron chi connectivity index (χ0n) is 41.9. The molecule has 0 radical (unpaired) electrons. The maximum Gasteiger partial charge on any atom is 0.202 e. The van der Waals surface area contributed by atoms with E-state index in [0.29, 0.717) is 0 Å². The summed E-state index contributed by atoms with van der Waals surface area (Å²) in [7, 11) is 2.66. The number of methoxy groups -OCH3 is 2. The van der Waals surface area contributed by atoms with E-state index in [1.54, 1.807) is 0 Å². The average molecular weight is 1060 g/mol. The molecule has 404 valence electrons. The maximum atomic E-state index is 13.6. The second-order valence-electron chi connectivity index (χ2n) is 20.1. The molecule has 4 aliphatic carbocycles. The Morgan fingerprint density at radius 3 is 1.20 bits per heavy atom. The van der Waals surface area contributed by atoms with Gasteiger partial charge in [0.25, 0.3) is 0 Å².